The predicted molar refractivity (Wildman–Crippen MR) is 86.1 cm³/mol. The number of benzene rings is 2. The fourth-order valence-corrected chi connectivity index (χ4v) is 3.16. The number of hydrogen-bond acceptors (Lipinski definition) is 3. The Balaban J connectivity index is 1.90. The SMILES string of the molecule is O=S(=O)(NCCc1ccc(OC(F)F)cc1)c1ccc(Br)cc1. The number of hydrogen-bond donors (Lipinski definition) is 1. The van der Waals surface area contributed by atoms with Crippen LogP contribution in [0.4, 0.5) is 8.78 Å². The lowest BCUT2D eigenvalue weighted by Gasteiger charge is -2.08. The molecule has 2 aromatic rings. The normalized spacial score (nSPS) is 11.7. The van der Waals surface area contributed by atoms with E-state index in [2.05, 4.69) is 25.4 Å². The Morgan fingerprint density at radius 1 is 1.04 bits per heavy atom. The van der Waals surface area contributed by atoms with Crippen LogP contribution in [0.15, 0.2) is 57.9 Å². The van der Waals surface area contributed by atoms with Crippen molar-refractivity contribution in [1.82, 2.24) is 4.72 Å². The van der Waals surface area contributed by atoms with Crippen LogP contribution in [0, 0.1) is 0 Å². The van der Waals surface area contributed by atoms with Gasteiger partial charge >= 0.3 is 6.61 Å². The van der Waals surface area contributed by atoms with E-state index in [4.69, 9.17) is 0 Å². The smallest absolute Gasteiger partial charge is 0.387 e. The van der Waals surface area contributed by atoms with Crippen molar-refractivity contribution >= 4 is 26.0 Å². The van der Waals surface area contributed by atoms with Crippen LogP contribution in [0.5, 0.6) is 5.75 Å². The molecule has 8 heteroatoms. The van der Waals surface area contributed by atoms with Gasteiger partial charge < -0.3 is 4.74 Å². The van der Waals surface area contributed by atoms with Crippen molar-refractivity contribution in [1.29, 1.82) is 0 Å². The molecule has 23 heavy (non-hydrogen) atoms. The number of sulfonamides is 1. The Bertz CT molecular complexity index is 734. The fourth-order valence-electron chi connectivity index (χ4n) is 1.86. The van der Waals surface area contributed by atoms with Gasteiger partial charge in [0.25, 0.3) is 0 Å². The zero-order chi connectivity index (χ0) is 16.9. The maximum Gasteiger partial charge on any atom is 0.387 e. The molecule has 0 spiro atoms. The molecular formula is C15H14BrF2NO3S. The van der Waals surface area contributed by atoms with Crippen molar-refractivity contribution in [3.63, 3.8) is 0 Å². The molecule has 0 fully saturated rings. The molecule has 0 aromatic heterocycles. The monoisotopic (exact) mass is 405 g/mol. The Morgan fingerprint density at radius 3 is 2.22 bits per heavy atom. The van der Waals surface area contributed by atoms with Gasteiger partial charge in [-0.15, -0.1) is 0 Å². The summed E-state index contributed by atoms with van der Waals surface area (Å²) in [6, 6.07) is 12.4. The molecule has 4 nitrogen and oxygen atoms in total. The Hall–Kier alpha value is -1.51. The van der Waals surface area contributed by atoms with Crippen LogP contribution < -0.4 is 9.46 Å². The third-order valence-corrected chi connectivity index (χ3v) is 4.98. The number of ether oxygens (including phenoxy) is 1. The van der Waals surface area contributed by atoms with E-state index in [0.29, 0.717) is 6.42 Å². The molecule has 0 aliphatic heterocycles. The maximum atomic E-state index is 12.1. The highest BCUT2D eigenvalue weighted by molar-refractivity contribution is 9.10. The molecule has 0 bridgehead atoms. The van der Waals surface area contributed by atoms with Gasteiger partial charge in [0.15, 0.2) is 0 Å². The van der Waals surface area contributed by atoms with Gasteiger partial charge in [-0.1, -0.05) is 28.1 Å². The average molecular weight is 406 g/mol. The molecule has 0 atom stereocenters. The summed E-state index contributed by atoms with van der Waals surface area (Å²) < 4.78 is 55.8. The summed E-state index contributed by atoms with van der Waals surface area (Å²) in [7, 11) is -3.57. The van der Waals surface area contributed by atoms with Gasteiger partial charge in [0, 0.05) is 11.0 Å². The average Bonchev–Trinajstić information content (AvgIpc) is 2.49. The predicted octanol–water partition coefficient (Wildman–Crippen LogP) is 3.57. The summed E-state index contributed by atoms with van der Waals surface area (Å²) in [6.07, 6.45) is 0.435. The molecule has 0 amide bonds. The van der Waals surface area contributed by atoms with E-state index in [1.807, 2.05) is 0 Å². The Kier molecular flexibility index (Phi) is 6.09. The highest BCUT2D eigenvalue weighted by Gasteiger charge is 2.12. The van der Waals surface area contributed by atoms with Gasteiger partial charge in [-0.25, -0.2) is 13.1 Å². The summed E-state index contributed by atoms with van der Waals surface area (Å²) in [6.45, 7) is -2.66. The second-order valence-corrected chi connectivity index (χ2v) is 7.31. The molecule has 0 heterocycles. The summed E-state index contributed by atoms with van der Waals surface area (Å²) in [5, 5.41) is 0. The third kappa shape index (κ3) is 5.56. The number of rotatable bonds is 7. The van der Waals surface area contributed by atoms with E-state index in [0.717, 1.165) is 10.0 Å². The minimum absolute atomic E-state index is 0.0687. The van der Waals surface area contributed by atoms with Gasteiger partial charge in [-0.05, 0) is 48.4 Å². The second kappa shape index (κ2) is 7.85. The molecule has 0 saturated heterocycles. The lowest BCUT2D eigenvalue weighted by atomic mass is 10.1. The summed E-state index contributed by atoms with van der Waals surface area (Å²) >= 11 is 3.24. The topological polar surface area (TPSA) is 55.4 Å². The van der Waals surface area contributed by atoms with Gasteiger partial charge in [0.05, 0.1) is 4.90 Å². The van der Waals surface area contributed by atoms with Gasteiger partial charge in [-0.2, -0.15) is 8.78 Å². The van der Waals surface area contributed by atoms with Crippen LogP contribution in [0.2, 0.25) is 0 Å². The number of halogens is 3. The van der Waals surface area contributed by atoms with E-state index < -0.39 is 16.6 Å². The van der Waals surface area contributed by atoms with E-state index in [1.54, 1.807) is 24.3 Å². The molecule has 124 valence electrons. The number of nitrogens with one attached hydrogen (secondary N) is 1. The Morgan fingerprint density at radius 2 is 1.65 bits per heavy atom. The van der Waals surface area contributed by atoms with Crippen molar-refractivity contribution in [2.24, 2.45) is 0 Å². The van der Waals surface area contributed by atoms with Crippen molar-refractivity contribution in [3.05, 3.63) is 58.6 Å². The molecular weight excluding hydrogens is 392 g/mol. The highest BCUT2D eigenvalue weighted by Crippen LogP contribution is 2.16. The molecule has 0 aliphatic carbocycles. The first kappa shape index (κ1) is 17.8. The second-order valence-electron chi connectivity index (χ2n) is 4.62. The van der Waals surface area contributed by atoms with Gasteiger partial charge in [0.1, 0.15) is 5.75 Å². The van der Waals surface area contributed by atoms with E-state index in [1.165, 1.54) is 24.3 Å². The van der Waals surface area contributed by atoms with E-state index in [9.17, 15) is 17.2 Å². The quantitative estimate of drug-likeness (QED) is 0.765. The minimum Gasteiger partial charge on any atom is -0.435 e. The zero-order valence-corrected chi connectivity index (χ0v) is 14.3. The third-order valence-electron chi connectivity index (χ3n) is 2.98. The molecule has 2 rings (SSSR count). The first-order chi connectivity index (χ1) is 10.9. The lowest BCUT2D eigenvalue weighted by molar-refractivity contribution is -0.0498. The lowest BCUT2D eigenvalue weighted by Crippen LogP contribution is -2.25. The van der Waals surface area contributed by atoms with Crippen molar-refractivity contribution in [3.8, 4) is 5.75 Å². The molecule has 1 N–H and O–H groups in total. The largest absolute Gasteiger partial charge is 0.435 e. The summed E-state index contributed by atoms with van der Waals surface area (Å²) in [5.41, 5.74) is 0.810. The Labute approximate surface area is 141 Å². The van der Waals surface area contributed by atoms with Crippen LogP contribution >= 0.6 is 15.9 Å². The molecule has 0 aliphatic rings. The fraction of sp³-hybridized carbons (Fsp3) is 0.200. The van der Waals surface area contributed by atoms with Crippen LogP contribution in [0.25, 0.3) is 0 Å². The van der Waals surface area contributed by atoms with Crippen molar-refractivity contribution in [2.45, 2.75) is 17.9 Å². The molecule has 0 unspecified atom stereocenters. The first-order valence-corrected chi connectivity index (χ1v) is 8.93. The molecule has 2 aromatic carbocycles. The van der Waals surface area contributed by atoms with Gasteiger partial charge in [0.2, 0.25) is 10.0 Å². The van der Waals surface area contributed by atoms with Gasteiger partial charge in [-0.3, -0.25) is 0 Å². The van der Waals surface area contributed by atoms with Crippen LogP contribution in [0.3, 0.4) is 0 Å². The van der Waals surface area contributed by atoms with Crippen molar-refractivity contribution in [2.75, 3.05) is 6.54 Å². The summed E-state index contributed by atoms with van der Waals surface area (Å²) in [4.78, 5) is 0.182. The van der Waals surface area contributed by atoms with Crippen molar-refractivity contribution < 1.29 is 21.9 Å². The standard InChI is InChI=1S/C15H14BrF2NO3S/c16-12-3-7-14(8-4-12)23(20,21)19-10-9-11-1-5-13(6-2-11)22-15(17)18/h1-8,15,19H,9-10H2. The highest BCUT2D eigenvalue weighted by atomic mass is 79.9. The molecule has 0 saturated carbocycles. The van der Waals surface area contributed by atoms with E-state index >= 15 is 0 Å². The summed E-state index contributed by atoms with van der Waals surface area (Å²) in [5.74, 6) is 0.0687. The van der Waals surface area contributed by atoms with E-state index in [-0.39, 0.29) is 17.2 Å². The first-order valence-electron chi connectivity index (χ1n) is 6.66. The molecule has 0 radical (unpaired) electrons. The van der Waals surface area contributed by atoms with Crippen LogP contribution in [0.1, 0.15) is 5.56 Å². The minimum atomic E-state index is -3.57. The zero-order valence-electron chi connectivity index (χ0n) is 11.9. The van der Waals surface area contributed by atoms with Crippen LogP contribution in [-0.2, 0) is 16.4 Å². The number of alkyl halides is 2. The van der Waals surface area contributed by atoms with Crippen LogP contribution in [-0.4, -0.2) is 21.6 Å². The maximum absolute atomic E-state index is 12.1.